The molecule has 0 aromatic carbocycles. The number of piperidine rings is 1. The molecule has 0 bridgehead atoms. The van der Waals surface area contributed by atoms with Crippen LogP contribution in [0.25, 0.3) is 0 Å². The van der Waals surface area contributed by atoms with E-state index in [0.717, 1.165) is 37.3 Å². The van der Waals surface area contributed by atoms with Crippen molar-refractivity contribution in [2.45, 2.75) is 37.9 Å². The molecule has 0 spiro atoms. The number of amides is 1. The van der Waals surface area contributed by atoms with Crippen molar-refractivity contribution in [2.75, 3.05) is 44.2 Å². The highest BCUT2D eigenvalue weighted by atomic mass is 32.2. The van der Waals surface area contributed by atoms with E-state index >= 15 is 0 Å². The Balaban J connectivity index is 1.54. The van der Waals surface area contributed by atoms with Gasteiger partial charge in [-0.15, -0.1) is 0 Å². The molecule has 1 unspecified atom stereocenters. The Labute approximate surface area is 139 Å². The van der Waals surface area contributed by atoms with Crippen molar-refractivity contribution in [3.8, 4) is 0 Å². The highest BCUT2D eigenvalue weighted by Gasteiger charge is 2.32. The van der Waals surface area contributed by atoms with Gasteiger partial charge in [-0.1, -0.05) is 0 Å². The molecule has 23 heavy (non-hydrogen) atoms. The van der Waals surface area contributed by atoms with Crippen molar-refractivity contribution >= 4 is 17.7 Å². The summed E-state index contributed by atoms with van der Waals surface area (Å²) in [4.78, 5) is 13.3. The van der Waals surface area contributed by atoms with Crippen LogP contribution in [0.4, 0.5) is 13.2 Å². The number of hydrogen-bond acceptors (Lipinski definition) is 4. The van der Waals surface area contributed by atoms with Gasteiger partial charge >= 0.3 is 6.18 Å². The molecular weight excluding hydrogens is 327 g/mol. The van der Waals surface area contributed by atoms with Crippen LogP contribution in [0.1, 0.15) is 25.7 Å². The molecule has 2 saturated heterocycles. The van der Waals surface area contributed by atoms with Gasteiger partial charge in [0.25, 0.3) is 0 Å². The van der Waals surface area contributed by atoms with Gasteiger partial charge in [0.1, 0.15) is 0 Å². The summed E-state index contributed by atoms with van der Waals surface area (Å²) in [6.45, 7) is 1.79. The molecule has 2 rings (SSSR count). The predicted molar refractivity (Wildman–Crippen MR) is 86.6 cm³/mol. The minimum atomic E-state index is -4.10. The normalized spacial score (nSPS) is 24.6. The molecule has 0 aliphatic carbocycles. The fraction of sp³-hybridized carbons (Fsp3) is 0.933. The number of nitrogens with one attached hydrogen (secondary N) is 2. The number of likely N-dealkylation sites (tertiary alicyclic amines) is 1. The maximum Gasteiger partial charge on any atom is 0.401 e. The number of hydrogen-bond donors (Lipinski definition) is 2. The third kappa shape index (κ3) is 7.76. The van der Waals surface area contributed by atoms with Crippen LogP contribution in [0.3, 0.4) is 0 Å². The molecule has 2 aliphatic heterocycles. The lowest BCUT2D eigenvalue weighted by Crippen LogP contribution is -2.42. The monoisotopic (exact) mass is 353 g/mol. The number of carbonyl (C=O) groups excluding carboxylic acids is 1. The molecule has 2 heterocycles. The summed E-state index contributed by atoms with van der Waals surface area (Å²) < 4.78 is 37.0. The fourth-order valence-corrected chi connectivity index (χ4v) is 4.10. The van der Waals surface area contributed by atoms with E-state index in [0.29, 0.717) is 32.0 Å². The van der Waals surface area contributed by atoms with Crippen LogP contribution in [-0.4, -0.2) is 67.3 Å². The van der Waals surface area contributed by atoms with Gasteiger partial charge in [0.05, 0.1) is 6.54 Å². The minimum absolute atomic E-state index is 0.0690. The summed E-state index contributed by atoms with van der Waals surface area (Å²) in [5.74, 6) is 2.57. The average Bonchev–Trinajstić information content (AvgIpc) is 2.48. The summed E-state index contributed by atoms with van der Waals surface area (Å²) in [5, 5.41) is 6.28. The zero-order valence-electron chi connectivity index (χ0n) is 13.3. The summed E-state index contributed by atoms with van der Waals surface area (Å²) >= 11 is 1.87. The Bertz CT molecular complexity index is 367. The lowest BCUT2D eigenvalue weighted by molar-refractivity contribution is -0.148. The van der Waals surface area contributed by atoms with Gasteiger partial charge in [-0.05, 0) is 38.3 Å². The Morgan fingerprint density at radius 1 is 1.30 bits per heavy atom. The number of carbonyl (C=O) groups is 1. The maximum absolute atomic E-state index is 12.3. The molecule has 4 nitrogen and oxygen atoms in total. The zero-order valence-corrected chi connectivity index (χ0v) is 14.1. The quantitative estimate of drug-likeness (QED) is 0.765. The van der Waals surface area contributed by atoms with Gasteiger partial charge in [-0.3, -0.25) is 9.69 Å². The van der Waals surface area contributed by atoms with Crippen LogP contribution in [0.15, 0.2) is 0 Å². The van der Waals surface area contributed by atoms with Crippen LogP contribution in [-0.2, 0) is 4.79 Å². The summed E-state index contributed by atoms with van der Waals surface area (Å²) in [6.07, 6.45) is -1.17. The highest BCUT2D eigenvalue weighted by molar-refractivity contribution is 7.99. The second-order valence-electron chi connectivity index (χ2n) is 6.40. The summed E-state index contributed by atoms with van der Waals surface area (Å²) in [7, 11) is 0. The molecule has 134 valence electrons. The zero-order chi connectivity index (χ0) is 16.7. The largest absolute Gasteiger partial charge is 0.401 e. The third-order valence-electron chi connectivity index (χ3n) is 4.42. The van der Waals surface area contributed by atoms with Crippen molar-refractivity contribution in [3.05, 3.63) is 0 Å². The van der Waals surface area contributed by atoms with E-state index in [2.05, 4.69) is 10.6 Å². The van der Waals surface area contributed by atoms with Gasteiger partial charge in [-0.2, -0.15) is 24.9 Å². The fourth-order valence-electron chi connectivity index (χ4n) is 3.15. The SMILES string of the molecule is O=C(CC1CSCCN1)NCCC1CCN(CC(F)(F)F)CC1. The first-order valence-electron chi connectivity index (χ1n) is 8.29. The lowest BCUT2D eigenvalue weighted by atomic mass is 9.93. The van der Waals surface area contributed by atoms with Crippen LogP contribution >= 0.6 is 11.8 Å². The van der Waals surface area contributed by atoms with Crippen LogP contribution in [0, 0.1) is 5.92 Å². The number of alkyl halides is 3. The van der Waals surface area contributed by atoms with Gasteiger partial charge in [0, 0.05) is 37.1 Å². The van der Waals surface area contributed by atoms with Crippen LogP contribution < -0.4 is 10.6 Å². The molecular formula is C15H26F3N3OS. The first-order chi connectivity index (χ1) is 10.9. The number of rotatable bonds is 6. The Morgan fingerprint density at radius 2 is 2.04 bits per heavy atom. The second-order valence-corrected chi connectivity index (χ2v) is 7.55. The summed E-state index contributed by atoms with van der Waals surface area (Å²) in [6, 6.07) is 0.263. The van der Waals surface area contributed by atoms with E-state index < -0.39 is 12.7 Å². The van der Waals surface area contributed by atoms with E-state index in [1.54, 1.807) is 0 Å². The van der Waals surface area contributed by atoms with Crippen molar-refractivity contribution in [1.82, 2.24) is 15.5 Å². The van der Waals surface area contributed by atoms with E-state index in [-0.39, 0.29) is 11.9 Å². The van der Waals surface area contributed by atoms with Gasteiger partial charge in [-0.25, -0.2) is 0 Å². The Hall–Kier alpha value is -0.470. The first kappa shape index (κ1) is 18.9. The molecule has 8 heteroatoms. The number of thioether (sulfide) groups is 1. The first-order valence-corrected chi connectivity index (χ1v) is 9.45. The molecule has 0 radical (unpaired) electrons. The smallest absolute Gasteiger partial charge is 0.356 e. The maximum atomic E-state index is 12.3. The van der Waals surface area contributed by atoms with E-state index in [4.69, 9.17) is 0 Å². The van der Waals surface area contributed by atoms with Crippen LogP contribution in [0.2, 0.25) is 0 Å². The molecule has 1 amide bonds. The third-order valence-corrected chi connectivity index (χ3v) is 5.55. The summed E-state index contributed by atoms with van der Waals surface area (Å²) in [5.41, 5.74) is 0. The van der Waals surface area contributed by atoms with Crippen molar-refractivity contribution < 1.29 is 18.0 Å². The number of nitrogens with zero attached hydrogens (tertiary/aromatic N) is 1. The molecule has 2 fully saturated rings. The highest BCUT2D eigenvalue weighted by Crippen LogP contribution is 2.24. The van der Waals surface area contributed by atoms with E-state index in [9.17, 15) is 18.0 Å². The molecule has 0 saturated carbocycles. The molecule has 2 aliphatic rings. The van der Waals surface area contributed by atoms with Crippen LogP contribution in [0.5, 0.6) is 0 Å². The van der Waals surface area contributed by atoms with E-state index in [1.807, 2.05) is 11.8 Å². The van der Waals surface area contributed by atoms with Crippen molar-refractivity contribution in [1.29, 1.82) is 0 Å². The molecule has 0 aromatic rings. The molecule has 1 atom stereocenters. The predicted octanol–water partition coefficient (Wildman–Crippen LogP) is 1.86. The lowest BCUT2D eigenvalue weighted by Gasteiger charge is -2.32. The minimum Gasteiger partial charge on any atom is -0.356 e. The van der Waals surface area contributed by atoms with Crippen molar-refractivity contribution in [2.24, 2.45) is 5.92 Å². The number of halogens is 3. The second kappa shape index (κ2) is 9.13. The van der Waals surface area contributed by atoms with Gasteiger partial charge in [0.2, 0.25) is 5.91 Å². The standard InChI is InChI=1S/C15H26F3N3OS/c16-15(17,18)11-21-6-2-12(3-7-21)1-4-20-14(22)9-13-10-23-8-5-19-13/h12-13,19H,1-11H2,(H,20,22). The Kier molecular flexibility index (Phi) is 7.49. The molecule has 0 aromatic heterocycles. The molecule has 2 N–H and O–H groups in total. The van der Waals surface area contributed by atoms with Gasteiger partial charge in [0.15, 0.2) is 0 Å². The Morgan fingerprint density at radius 3 is 2.65 bits per heavy atom. The average molecular weight is 353 g/mol. The van der Waals surface area contributed by atoms with Gasteiger partial charge < -0.3 is 10.6 Å². The van der Waals surface area contributed by atoms with Crippen molar-refractivity contribution in [3.63, 3.8) is 0 Å². The topological polar surface area (TPSA) is 44.4 Å². The van der Waals surface area contributed by atoms with E-state index in [1.165, 1.54) is 4.90 Å².